The van der Waals surface area contributed by atoms with Gasteiger partial charge in [0, 0.05) is 6.04 Å². The van der Waals surface area contributed by atoms with Gasteiger partial charge in [0.05, 0.1) is 11.7 Å². The smallest absolute Gasteiger partial charge is 0.0740 e. The van der Waals surface area contributed by atoms with Crippen molar-refractivity contribution in [1.82, 2.24) is 5.32 Å². The maximum Gasteiger partial charge on any atom is 0.0740 e. The van der Waals surface area contributed by atoms with Gasteiger partial charge < -0.3 is 10.1 Å². The van der Waals surface area contributed by atoms with Crippen LogP contribution in [0.25, 0.3) is 0 Å². The molecule has 0 aromatic carbocycles. The van der Waals surface area contributed by atoms with Crippen molar-refractivity contribution in [2.45, 2.75) is 116 Å². The number of ether oxygens (including phenoxy) is 1. The number of piperidine rings is 1. The van der Waals surface area contributed by atoms with Crippen LogP contribution < -0.4 is 5.32 Å². The van der Waals surface area contributed by atoms with Gasteiger partial charge in [-0.05, 0) is 113 Å². The monoisotopic (exact) mass is 397 g/mol. The largest absolute Gasteiger partial charge is 0.370 e. The molecule has 2 saturated heterocycles. The van der Waals surface area contributed by atoms with Gasteiger partial charge in [-0.15, -0.1) is 0 Å². The van der Waals surface area contributed by atoms with Crippen LogP contribution in [0.5, 0.6) is 0 Å². The first kappa shape index (κ1) is 19.4. The maximum atomic E-state index is 6.92. The lowest BCUT2D eigenvalue weighted by atomic mass is 9.52. The number of fused-ring (bicyclic) bond motifs is 6. The molecular formula is C27H43NO. The highest BCUT2D eigenvalue weighted by atomic mass is 16.5. The zero-order chi connectivity index (χ0) is 19.8. The number of nitrogens with one attached hydrogen (secondary N) is 1. The normalized spacial score (nSPS) is 54.5. The zero-order valence-corrected chi connectivity index (χ0v) is 19.1. The molecule has 0 aromatic rings. The molecule has 9 atom stereocenters. The van der Waals surface area contributed by atoms with Crippen molar-refractivity contribution in [3.63, 3.8) is 0 Å². The van der Waals surface area contributed by atoms with E-state index in [1.54, 1.807) is 5.57 Å². The second-order valence-electron chi connectivity index (χ2n) is 12.5. The molecule has 6 aliphatic rings. The Morgan fingerprint density at radius 3 is 2.86 bits per heavy atom. The van der Waals surface area contributed by atoms with E-state index >= 15 is 0 Å². The van der Waals surface area contributed by atoms with Crippen LogP contribution in [0, 0.1) is 35.0 Å². The fourth-order valence-corrected chi connectivity index (χ4v) is 9.48. The van der Waals surface area contributed by atoms with Gasteiger partial charge in [-0.1, -0.05) is 37.8 Å². The molecule has 2 nitrogen and oxygen atoms in total. The molecule has 2 heteroatoms. The molecule has 1 N–H and O–H groups in total. The molecule has 0 bridgehead atoms. The molecule has 5 fully saturated rings. The standard InChI is InChI=1S/C27H43NO/c1-17-12-25-24(28-16-17)15-27(29-25)11-9-20-21-8-7-19-6-4-5-10-26(19,3)23(21)13-22(20)18(2)14-27/h17,19-21,23-25,28H,4-16H2,1-3H3. The molecule has 2 heterocycles. The predicted molar refractivity (Wildman–Crippen MR) is 119 cm³/mol. The Morgan fingerprint density at radius 2 is 1.97 bits per heavy atom. The van der Waals surface area contributed by atoms with Crippen LogP contribution in [0.3, 0.4) is 0 Å². The number of allylic oxidation sites excluding steroid dienone is 1. The lowest BCUT2D eigenvalue weighted by Gasteiger charge is -2.52. The third kappa shape index (κ3) is 2.94. The van der Waals surface area contributed by atoms with E-state index in [9.17, 15) is 0 Å². The summed E-state index contributed by atoms with van der Waals surface area (Å²) >= 11 is 0. The minimum atomic E-state index is 0.148. The van der Waals surface area contributed by atoms with Gasteiger partial charge in [0.25, 0.3) is 0 Å². The minimum Gasteiger partial charge on any atom is -0.370 e. The van der Waals surface area contributed by atoms with E-state index in [-0.39, 0.29) is 5.60 Å². The molecule has 6 rings (SSSR count). The third-order valence-corrected chi connectivity index (χ3v) is 10.9. The molecule has 162 valence electrons. The van der Waals surface area contributed by atoms with E-state index < -0.39 is 0 Å². The Hall–Kier alpha value is -0.340. The first-order valence-corrected chi connectivity index (χ1v) is 13.1. The summed E-state index contributed by atoms with van der Waals surface area (Å²) in [4.78, 5) is 0. The Balaban J connectivity index is 1.26. The van der Waals surface area contributed by atoms with Crippen molar-refractivity contribution < 1.29 is 4.74 Å². The summed E-state index contributed by atoms with van der Waals surface area (Å²) in [6.07, 6.45) is 17.4. The van der Waals surface area contributed by atoms with E-state index in [0.29, 0.717) is 17.6 Å². The molecule has 4 aliphatic carbocycles. The van der Waals surface area contributed by atoms with Crippen LogP contribution in [0.2, 0.25) is 0 Å². The summed E-state index contributed by atoms with van der Waals surface area (Å²) in [5.41, 5.74) is 4.44. The van der Waals surface area contributed by atoms with E-state index in [0.717, 1.165) is 29.6 Å². The zero-order valence-electron chi connectivity index (χ0n) is 19.1. The fourth-order valence-electron chi connectivity index (χ4n) is 9.48. The highest BCUT2D eigenvalue weighted by Crippen LogP contribution is 2.64. The van der Waals surface area contributed by atoms with Crippen LogP contribution in [-0.2, 0) is 4.74 Å². The first-order valence-electron chi connectivity index (χ1n) is 13.1. The molecule has 3 saturated carbocycles. The summed E-state index contributed by atoms with van der Waals surface area (Å²) < 4.78 is 6.92. The average Bonchev–Trinajstić information content (AvgIpc) is 3.20. The summed E-state index contributed by atoms with van der Waals surface area (Å²) in [5.74, 6) is 4.65. The van der Waals surface area contributed by atoms with E-state index in [1.807, 2.05) is 5.57 Å². The van der Waals surface area contributed by atoms with Crippen molar-refractivity contribution in [3.05, 3.63) is 11.1 Å². The Bertz CT molecular complexity index is 699. The molecule has 0 amide bonds. The minimum absolute atomic E-state index is 0.148. The number of hydrogen-bond donors (Lipinski definition) is 1. The van der Waals surface area contributed by atoms with Crippen LogP contribution in [0.4, 0.5) is 0 Å². The molecule has 2 aliphatic heterocycles. The highest BCUT2D eigenvalue weighted by molar-refractivity contribution is 5.28. The van der Waals surface area contributed by atoms with Gasteiger partial charge in [0.15, 0.2) is 0 Å². The fraction of sp³-hybridized carbons (Fsp3) is 0.926. The van der Waals surface area contributed by atoms with Crippen molar-refractivity contribution in [1.29, 1.82) is 0 Å². The molecule has 29 heavy (non-hydrogen) atoms. The van der Waals surface area contributed by atoms with Crippen LogP contribution in [0.1, 0.15) is 97.8 Å². The lowest BCUT2D eigenvalue weighted by molar-refractivity contribution is -0.0641. The van der Waals surface area contributed by atoms with E-state index in [2.05, 4.69) is 26.1 Å². The molecular weight excluding hydrogens is 354 g/mol. The highest BCUT2D eigenvalue weighted by Gasteiger charge is 2.57. The predicted octanol–water partition coefficient (Wildman–Crippen LogP) is 6.26. The first-order chi connectivity index (χ1) is 14.0. The van der Waals surface area contributed by atoms with Gasteiger partial charge in [-0.2, -0.15) is 0 Å². The Kier molecular flexibility index (Phi) is 4.56. The maximum absolute atomic E-state index is 6.92. The summed E-state index contributed by atoms with van der Waals surface area (Å²) in [6.45, 7) is 8.76. The van der Waals surface area contributed by atoms with Crippen molar-refractivity contribution in [3.8, 4) is 0 Å². The topological polar surface area (TPSA) is 21.3 Å². The van der Waals surface area contributed by atoms with Gasteiger partial charge in [-0.3, -0.25) is 0 Å². The molecule has 0 radical (unpaired) electrons. The van der Waals surface area contributed by atoms with Crippen LogP contribution in [0.15, 0.2) is 11.1 Å². The van der Waals surface area contributed by atoms with Crippen molar-refractivity contribution in [2.75, 3.05) is 6.54 Å². The lowest BCUT2D eigenvalue weighted by Crippen LogP contribution is -2.45. The molecule has 9 unspecified atom stereocenters. The summed E-state index contributed by atoms with van der Waals surface area (Å²) in [7, 11) is 0. The van der Waals surface area contributed by atoms with Gasteiger partial charge >= 0.3 is 0 Å². The Morgan fingerprint density at radius 1 is 1.07 bits per heavy atom. The summed E-state index contributed by atoms with van der Waals surface area (Å²) in [5, 5.41) is 3.83. The third-order valence-electron chi connectivity index (χ3n) is 10.9. The molecule has 0 aromatic heterocycles. The quantitative estimate of drug-likeness (QED) is 0.487. The van der Waals surface area contributed by atoms with E-state index in [4.69, 9.17) is 4.74 Å². The number of hydrogen-bond acceptors (Lipinski definition) is 2. The Labute approximate surface area is 178 Å². The van der Waals surface area contributed by atoms with Gasteiger partial charge in [0.1, 0.15) is 0 Å². The van der Waals surface area contributed by atoms with Crippen LogP contribution in [-0.4, -0.2) is 24.3 Å². The van der Waals surface area contributed by atoms with Gasteiger partial charge in [0.2, 0.25) is 0 Å². The van der Waals surface area contributed by atoms with Gasteiger partial charge in [-0.25, -0.2) is 0 Å². The van der Waals surface area contributed by atoms with Crippen molar-refractivity contribution >= 4 is 0 Å². The number of rotatable bonds is 0. The molecule has 1 spiro atoms. The van der Waals surface area contributed by atoms with Crippen molar-refractivity contribution in [2.24, 2.45) is 35.0 Å². The van der Waals surface area contributed by atoms with E-state index in [1.165, 1.54) is 83.6 Å². The van der Waals surface area contributed by atoms with Crippen LogP contribution >= 0.6 is 0 Å². The SMILES string of the molecule is CC1=C2CC3C(CCC4CCCCC43C)C2CCC2(C1)CC1NCC(C)CC1O2. The second kappa shape index (κ2) is 6.83. The second-order valence-corrected chi connectivity index (χ2v) is 12.5. The summed E-state index contributed by atoms with van der Waals surface area (Å²) in [6, 6.07) is 0.617. The average molecular weight is 398 g/mol.